The molecule has 20 heavy (non-hydrogen) atoms. The maximum absolute atomic E-state index is 12.2. The van der Waals surface area contributed by atoms with Crippen molar-refractivity contribution in [3.8, 4) is 0 Å². The van der Waals surface area contributed by atoms with Crippen molar-refractivity contribution in [2.45, 2.75) is 26.3 Å². The third kappa shape index (κ3) is 3.22. The average Bonchev–Trinajstić information content (AvgIpc) is 2.44. The topological polar surface area (TPSA) is 52.0 Å². The Morgan fingerprint density at radius 3 is 2.55 bits per heavy atom. The van der Waals surface area contributed by atoms with Gasteiger partial charge in [0, 0.05) is 11.8 Å². The van der Waals surface area contributed by atoms with Crippen LogP contribution in [0.15, 0.2) is 46.1 Å². The summed E-state index contributed by atoms with van der Waals surface area (Å²) in [6.07, 6.45) is 2.79. The number of benzene rings is 1. The lowest BCUT2D eigenvalue weighted by Gasteiger charge is -2.07. The van der Waals surface area contributed by atoms with Crippen molar-refractivity contribution in [1.29, 1.82) is 0 Å². The minimum atomic E-state index is -0.257. The van der Waals surface area contributed by atoms with Crippen molar-refractivity contribution in [2.24, 2.45) is 0 Å². The summed E-state index contributed by atoms with van der Waals surface area (Å²) in [6, 6.07) is 7.49. The molecule has 1 aromatic heterocycles. The largest absolute Gasteiger partial charge is 0.292 e. The Morgan fingerprint density at radius 2 is 1.95 bits per heavy atom. The van der Waals surface area contributed by atoms with E-state index in [2.05, 4.69) is 34.8 Å². The predicted octanol–water partition coefficient (Wildman–Crippen LogP) is 3.01. The Bertz CT molecular complexity index is 675. The molecule has 0 bridgehead atoms. The quantitative estimate of drug-likeness (QED) is 0.807. The van der Waals surface area contributed by atoms with Crippen LogP contribution in [0.4, 0.5) is 0 Å². The van der Waals surface area contributed by atoms with Crippen molar-refractivity contribution < 1.29 is 4.79 Å². The highest BCUT2D eigenvalue weighted by Gasteiger charge is 2.10. The van der Waals surface area contributed by atoms with E-state index in [9.17, 15) is 9.59 Å². The highest BCUT2D eigenvalue weighted by molar-refractivity contribution is 9.10. The molecule has 5 heteroatoms. The van der Waals surface area contributed by atoms with Gasteiger partial charge >= 0.3 is 0 Å². The molecule has 2 rings (SSSR count). The van der Waals surface area contributed by atoms with Gasteiger partial charge in [0.25, 0.3) is 5.56 Å². The number of aromatic nitrogens is 2. The van der Waals surface area contributed by atoms with E-state index in [0.717, 1.165) is 0 Å². The van der Waals surface area contributed by atoms with Crippen LogP contribution in [0, 0.1) is 0 Å². The van der Waals surface area contributed by atoms with Gasteiger partial charge in [-0.2, -0.15) is 0 Å². The molecule has 1 heterocycles. The number of ketones is 1. The van der Waals surface area contributed by atoms with Crippen LogP contribution in [0.2, 0.25) is 0 Å². The first kappa shape index (κ1) is 14.7. The zero-order valence-corrected chi connectivity index (χ0v) is 12.9. The van der Waals surface area contributed by atoms with E-state index in [-0.39, 0.29) is 17.9 Å². The fourth-order valence-corrected chi connectivity index (χ4v) is 2.18. The van der Waals surface area contributed by atoms with Crippen LogP contribution in [0.3, 0.4) is 0 Å². The van der Waals surface area contributed by atoms with Crippen LogP contribution in [-0.4, -0.2) is 15.3 Å². The molecule has 0 aliphatic heterocycles. The van der Waals surface area contributed by atoms with Crippen LogP contribution >= 0.6 is 15.9 Å². The maximum Gasteiger partial charge on any atom is 0.268 e. The van der Waals surface area contributed by atoms with Crippen LogP contribution in [0.5, 0.6) is 0 Å². The molecule has 4 nitrogen and oxygen atoms in total. The summed E-state index contributed by atoms with van der Waals surface area (Å²) in [4.78, 5) is 27.9. The van der Waals surface area contributed by atoms with Gasteiger partial charge in [-0.1, -0.05) is 38.1 Å². The zero-order valence-electron chi connectivity index (χ0n) is 11.3. The van der Waals surface area contributed by atoms with Gasteiger partial charge in [0.2, 0.25) is 0 Å². The summed E-state index contributed by atoms with van der Waals surface area (Å²) in [5, 5.41) is 0. The number of halogens is 1. The summed E-state index contributed by atoms with van der Waals surface area (Å²) in [6.45, 7) is 4.19. The molecular formula is C15H15BrN2O2. The van der Waals surface area contributed by atoms with Gasteiger partial charge in [0.05, 0.1) is 12.9 Å². The molecule has 104 valence electrons. The first-order valence-electron chi connectivity index (χ1n) is 6.32. The Labute approximate surface area is 125 Å². The van der Waals surface area contributed by atoms with Crippen LogP contribution in [0.1, 0.15) is 35.7 Å². The van der Waals surface area contributed by atoms with Crippen molar-refractivity contribution in [3.63, 3.8) is 0 Å². The molecule has 0 aliphatic rings. The summed E-state index contributed by atoms with van der Waals surface area (Å²) < 4.78 is 1.64. The number of carbonyl (C=O) groups is 1. The van der Waals surface area contributed by atoms with E-state index in [0.29, 0.717) is 16.0 Å². The highest BCUT2D eigenvalue weighted by Crippen LogP contribution is 2.15. The van der Waals surface area contributed by atoms with Gasteiger partial charge in [-0.25, -0.2) is 4.98 Å². The second kappa shape index (κ2) is 6.13. The van der Waals surface area contributed by atoms with E-state index in [4.69, 9.17) is 0 Å². The van der Waals surface area contributed by atoms with Crippen molar-refractivity contribution >= 4 is 21.7 Å². The second-order valence-electron chi connectivity index (χ2n) is 4.87. The lowest BCUT2D eigenvalue weighted by molar-refractivity contribution is 0.0970. The molecule has 0 radical (unpaired) electrons. The molecule has 0 spiro atoms. The van der Waals surface area contributed by atoms with Gasteiger partial charge in [-0.3, -0.25) is 14.2 Å². The Kier molecular flexibility index (Phi) is 4.49. The second-order valence-corrected chi connectivity index (χ2v) is 5.73. The molecule has 0 saturated heterocycles. The smallest absolute Gasteiger partial charge is 0.268 e. The fraction of sp³-hybridized carbons (Fsp3) is 0.267. The summed E-state index contributed by atoms with van der Waals surface area (Å²) in [5.41, 5.74) is 1.52. The standard InChI is InChI=1S/C15H15BrN2O2/c1-10(2)11-3-5-12(6-4-11)14(19)8-18-9-17-7-13(16)15(18)20/h3-7,9-10H,8H2,1-2H3. The molecule has 2 aromatic rings. The fourth-order valence-electron chi connectivity index (χ4n) is 1.84. The van der Waals surface area contributed by atoms with Crippen LogP contribution < -0.4 is 5.56 Å². The minimum Gasteiger partial charge on any atom is -0.292 e. The zero-order chi connectivity index (χ0) is 14.7. The number of Topliss-reactive ketones (excluding diaryl/α,β-unsaturated/α-hetero) is 1. The van der Waals surface area contributed by atoms with Crippen LogP contribution in [0.25, 0.3) is 0 Å². The monoisotopic (exact) mass is 334 g/mol. The molecule has 0 unspecified atom stereocenters. The number of rotatable bonds is 4. The van der Waals surface area contributed by atoms with E-state index in [1.165, 1.54) is 22.7 Å². The SMILES string of the molecule is CC(C)c1ccc(C(=O)Cn2cncc(Br)c2=O)cc1. The van der Waals surface area contributed by atoms with Crippen molar-refractivity contribution in [2.75, 3.05) is 0 Å². The normalized spacial score (nSPS) is 10.8. The predicted molar refractivity (Wildman–Crippen MR) is 81.1 cm³/mol. The van der Waals surface area contributed by atoms with E-state index in [1.807, 2.05) is 12.1 Å². The van der Waals surface area contributed by atoms with Gasteiger partial charge in [-0.05, 0) is 27.4 Å². The lowest BCUT2D eigenvalue weighted by Crippen LogP contribution is -2.24. The summed E-state index contributed by atoms with van der Waals surface area (Å²) in [7, 11) is 0. The number of nitrogens with zero attached hydrogens (tertiary/aromatic N) is 2. The minimum absolute atomic E-state index is 0.00764. The van der Waals surface area contributed by atoms with E-state index < -0.39 is 0 Å². The summed E-state index contributed by atoms with van der Waals surface area (Å²) >= 11 is 3.11. The first-order valence-corrected chi connectivity index (χ1v) is 7.11. The third-order valence-electron chi connectivity index (χ3n) is 3.07. The van der Waals surface area contributed by atoms with Crippen LogP contribution in [-0.2, 0) is 6.54 Å². The average molecular weight is 335 g/mol. The molecule has 0 N–H and O–H groups in total. The van der Waals surface area contributed by atoms with Crippen molar-refractivity contribution in [1.82, 2.24) is 9.55 Å². The Hall–Kier alpha value is -1.75. The first-order chi connectivity index (χ1) is 9.49. The third-order valence-corrected chi connectivity index (χ3v) is 3.62. The van der Waals surface area contributed by atoms with Gasteiger partial charge < -0.3 is 0 Å². The Balaban J connectivity index is 2.20. The number of hydrogen-bond acceptors (Lipinski definition) is 3. The number of carbonyl (C=O) groups excluding carboxylic acids is 1. The molecule has 0 fully saturated rings. The summed E-state index contributed by atoms with van der Waals surface area (Å²) in [5.74, 6) is 0.318. The molecule has 1 aromatic carbocycles. The van der Waals surface area contributed by atoms with E-state index >= 15 is 0 Å². The van der Waals surface area contributed by atoms with Gasteiger partial charge in [0.1, 0.15) is 4.47 Å². The molecule has 0 atom stereocenters. The molecule has 0 aliphatic carbocycles. The van der Waals surface area contributed by atoms with Gasteiger partial charge in [0.15, 0.2) is 5.78 Å². The lowest BCUT2D eigenvalue weighted by atomic mass is 10.0. The highest BCUT2D eigenvalue weighted by atomic mass is 79.9. The maximum atomic E-state index is 12.2. The van der Waals surface area contributed by atoms with Gasteiger partial charge in [-0.15, -0.1) is 0 Å². The molecular weight excluding hydrogens is 320 g/mol. The van der Waals surface area contributed by atoms with E-state index in [1.54, 1.807) is 12.1 Å². The molecule has 0 amide bonds. The molecule has 0 saturated carbocycles. The number of hydrogen-bond donors (Lipinski definition) is 0. The Morgan fingerprint density at radius 1 is 1.30 bits per heavy atom. The van der Waals surface area contributed by atoms with Crippen molar-refractivity contribution in [3.05, 3.63) is 62.7 Å².